The van der Waals surface area contributed by atoms with E-state index >= 15 is 0 Å². The summed E-state index contributed by atoms with van der Waals surface area (Å²) in [5, 5.41) is 6.87. The molecular formula is C18H16ClN3O2S3. The van der Waals surface area contributed by atoms with Gasteiger partial charge in [-0.05, 0) is 23.6 Å². The lowest BCUT2D eigenvalue weighted by molar-refractivity contribution is -0.130. The second-order valence-electron chi connectivity index (χ2n) is 5.52. The Kier molecular flexibility index (Phi) is 6.78. The van der Waals surface area contributed by atoms with Gasteiger partial charge in [0.25, 0.3) is 5.91 Å². The van der Waals surface area contributed by atoms with E-state index in [-0.39, 0.29) is 18.2 Å². The molecular weight excluding hydrogens is 422 g/mol. The molecule has 0 saturated carbocycles. The Hall–Kier alpha value is -2.00. The molecule has 0 atom stereocenters. The molecule has 0 aliphatic heterocycles. The SMILES string of the molecule is C=CCN(Cc1ccc(Cl)s1)C(=O)Cc1csc(NC(=O)c2cccs2)n1. The predicted molar refractivity (Wildman–Crippen MR) is 113 cm³/mol. The first-order chi connectivity index (χ1) is 13.0. The Morgan fingerprint density at radius 1 is 1.30 bits per heavy atom. The van der Waals surface area contributed by atoms with Gasteiger partial charge in [0.15, 0.2) is 5.13 Å². The fourth-order valence-corrected chi connectivity index (χ4v) is 4.74. The monoisotopic (exact) mass is 437 g/mol. The van der Waals surface area contributed by atoms with Crippen LogP contribution in [0.3, 0.4) is 0 Å². The van der Waals surface area contributed by atoms with Crippen molar-refractivity contribution in [2.45, 2.75) is 13.0 Å². The van der Waals surface area contributed by atoms with Crippen LogP contribution in [0.25, 0.3) is 0 Å². The van der Waals surface area contributed by atoms with Gasteiger partial charge in [0.1, 0.15) is 0 Å². The molecule has 3 aromatic heterocycles. The van der Waals surface area contributed by atoms with Crippen molar-refractivity contribution in [1.82, 2.24) is 9.88 Å². The maximum atomic E-state index is 12.7. The number of nitrogens with zero attached hydrogens (tertiary/aromatic N) is 2. The highest BCUT2D eigenvalue weighted by Gasteiger charge is 2.17. The standard InChI is InChI=1S/C18H16ClN3O2S3/c1-2-7-22(10-13-5-6-15(19)27-13)16(23)9-12-11-26-18(20-12)21-17(24)14-4-3-8-25-14/h2-6,8,11H,1,7,9-10H2,(H,20,21,24). The number of carbonyl (C=O) groups is 2. The molecule has 3 heterocycles. The van der Waals surface area contributed by atoms with Gasteiger partial charge in [0.05, 0.1) is 27.9 Å². The first kappa shape index (κ1) is 19.8. The lowest BCUT2D eigenvalue weighted by Gasteiger charge is -2.20. The van der Waals surface area contributed by atoms with Crippen LogP contribution < -0.4 is 5.32 Å². The molecule has 140 valence electrons. The molecule has 9 heteroatoms. The molecule has 0 spiro atoms. The van der Waals surface area contributed by atoms with Crippen LogP contribution in [-0.2, 0) is 17.8 Å². The summed E-state index contributed by atoms with van der Waals surface area (Å²) in [6.07, 6.45) is 1.86. The van der Waals surface area contributed by atoms with Crippen LogP contribution in [0.4, 0.5) is 5.13 Å². The van der Waals surface area contributed by atoms with Crippen LogP contribution >= 0.6 is 45.6 Å². The molecule has 5 nitrogen and oxygen atoms in total. The Balaban J connectivity index is 1.61. The molecule has 0 fully saturated rings. The third-order valence-electron chi connectivity index (χ3n) is 3.53. The van der Waals surface area contributed by atoms with E-state index in [1.807, 2.05) is 23.6 Å². The van der Waals surface area contributed by atoms with E-state index in [9.17, 15) is 9.59 Å². The Morgan fingerprint density at radius 2 is 2.15 bits per heavy atom. The summed E-state index contributed by atoms with van der Waals surface area (Å²) < 4.78 is 0.696. The van der Waals surface area contributed by atoms with E-state index in [1.165, 1.54) is 34.0 Å². The smallest absolute Gasteiger partial charge is 0.267 e. The van der Waals surface area contributed by atoms with Gasteiger partial charge in [-0.25, -0.2) is 4.98 Å². The Bertz CT molecular complexity index is 933. The zero-order chi connectivity index (χ0) is 19.2. The molecule has 0 saturated heterocycles. The molecule has 0 aliphatic rings. The summed E-state index contributed by atoms with van der Waals surface area (Å²) in [6, 6.07) is 7.31. The Labute approximate surface area is 173 Å². The molecule has 1 N–H and O–H groups in total. The van der Waals surface area contributed by atoms with Crippen molar-refractivity contribution in [3.63, 3.8) is 0 Å². The fraction of sp³-hybridized carbons (Fsp3) is 0.167. The van der Waals surface area contributed by atoms with Gasteiger partial charge >= 0.3 is 0 Å². The van der Waals surface area contributed by atoms with Crippen LogP contribution in [0.15, 0.2) is 47.7 Å². The lowest BCUT2D eigenvalue weighted by atomic mass is 10.3. The van der Waals surface area contributed by atoms with Gasteiger partial charge in [-0.15, -0.1) is 40.6 Å². The average molecular weight is 438 g/mol. The number of hydrogen-bond acceptors (Lipinski definition) is 6. The van der Waals surface area contributed by atoms with Crippen molar-refractivity contribution >= 4 is 62.6 Å². The van der Waals surface area contributed by atoms with Crippen molar-refractivity contribution in [2.75, 3.05) is 11.9 Å². The Morgan fingerprint density at radius 3 is 2.81 bits per heavy atom. The highest BCUT2D eigenvalue weighted by atomic mass is 35.5. The van der Waals surface area contributed by atoms with Crippen LogP contribution in [-0.4, -0.2) is 28.2 Å². The molecule has 27 heavy (non-hydrogen) atoms. The third kappa shape index (κ3) is 5.49. The van der Waals surface area contributed by atoms with Crippen molar-refractivity contribution in [3.8, 4) is 0 Å². The predicted octanol–water partition coefficient (Wildman–Crippen LogP) is 4.93. The second kappa shape index (κ2) is 9.27. The number of rotatable bonds is 8. The molecule has 2 amide bonds. The minimum atomic E-state index is -0.194. The normalized spacial score (nSPS) is 10.6. The van der Waals surface area contributed by atoms with Crippen molar-refractivity contribution < 1.29 is 9.59 Å². The number of halogens is 1. The lowest BCUT2D eigenvalue weighted by Crippen LogP contribution is -2.31. The molecule has 0 aromatic carbocycles. The average Bonchev–Trinajstić information content (AvgIpc) is 3.37. The van der Waals surface area contributed by atoms with Gasteiger partial charge in [0, 0.05) is 16.8 Å². The topological polar surface area (TPSA) is 62.3 Å². The summed E-state index contributed by atoms with van der Waals surface area (Å²) in [7, 11) is 0. The van der Waals surface area contributed by atoms with E-state index < -0.39 is 0 Å². The fourth-order valence-electron chi connectivity index (χ4n) is 2.31. The number of nitrogens with one attached hydrogen (secondary N) is 1. The number of thiophene rings is 2. The summed E-state index contributed by atoms with van der Waals surface area (Å²) in [5.41, 5.74) is 0.629. The minimum absolute atomic E-state index is 0.0548. The van der Waals surface area contributed by atoms with Crippen LogP contribution in [0.1, 0.15) is 20.2 Å². The van der Waals surface area contributed by atoms with Crippen LogP contribution in [0.5, 0.6) is 0 Å². The number of carbonyl (C=O) groups excluding carboxylic acids is 2. The molecule has 3 rings (SSSR count). The highest BCUT2D eigenvalue weighted by Crippen LogP contribution is 2.23. The number of aromatic nitrogens is 1. The molecule has 0 bridgehead atoms. The number of amides is 2. The second-order valence-corrected chi connectivity index (χ2v) is 9.13. The summed E-state index contributed by atoms with van der Waals surface area (Å²) in [5.74, 6) is -0.249. The summed E-state index contributed by atoms with van der Waals surface area (Å²) in [4.78, 5) is 32.4. The van der Waals surface area contributed by atoms with E-state index in [2.05, 4.69) is 16.9 Å². The van der Waals surface area contributed by atoms with Crippen LogP contribution in [0.2, 0.25) is 4.34 Å². The third-order valence-corrected chi connectivity index (χ3v) is 6.42. The van der Waals surface area contributed by atoms with E-state index in [1.54, 1.807) is 22.4 Å². The van der Waals surface area contributed by atoms with Gasteiger partial charge in [-0.1, -0.05) is 23.7 Å². The van der Waals surface area contributed by atoms with E-state index in [0.29, 0.717) is 33.1 Å². The zero-order valence-electron chi connectivity index (χ0n) is 14.2. The van der Waals surface area contributed by atoms with Gasteiger partial charge in [0.2, 0.25) is 5.91 Å². The van der Waals surface area contributed by atoms with Gasteiger partial charge in [-0.2, -0.15) is 0 Å². The number of thiazole rings is 1. The van der Waals surface area contributed by atoms with Crippen LogP contribution in [0, 0.1) is 0 Å². The number of anilines is 1. The first-order valence-electron chi connectivity index (χ1n) is 7.97. The zero-order valence-corrected chi connectivity index (χ0v) is 17.4. The summed E-state index contributed by atoms with van der Waals surface area (Å²) >= 11 is 10.1. The first-order valence-corrected chi connectivity index (χ1v) is 10.9. The largest absolute Gasteiger partial charge is 0.334 e. The number of hydrogen-bond donors (Lipinski definition) is 1. The quantitative estimate of drug-likeness (QED) is 0.508. The maximum Gasteiger partial charge on any atom is 0.267 e. The van der Waals surface area contributed by atoms with Gasteiger partial charge in [-0.3, -0.25) is 14.9 Å². The minimum Gasteiger partial charge on any atom is -0.334 e. The van der Waals surface area contributed by atoms with E-state index in [0.717, 1.165) is 4.88 Å². The molecule has 0 unspecified atom stereocenters. The highest BCUT2D eigenvalue weighted by molar-refractivity contribution is 7.16. The molecule has 0 radical (unpaired) electrons. The van der Waals surface area contributed by atoms with Crippen molar-refractivity contribution in [3.05, 3.63) is 67.5 Å². The maximum absolute atomic E-state index is 12.7. The van der Waals surface area contributed by atoms with Gasteiger partial charge < -0.3 is 4.90 Å². The van der Waals surface area contributed by atoms with Crippen molar-refractivity contribution in [1.29, 1.82) is 0 Å². The van der Waals surface area contributed by atoms with Crippen molar-refractivity contribution in [2.24, 2.45) is 0 Å². The molecule has 3 aromatic rings. The van der Waals surface area contributed by atoms with E-state index in [4.69, 9.17) is 11.6 Å². The summed E-state index contributed by atoms with van der Waals surface area (Å²) in [6.45, 7) is 4.65. The molecule has 0 aliphatic carbocycles.